The topological polar surface area (TPSA) is 27.7 Å². The van der Waals surface area contributed by atoms with Crippen LogP contribution in [-0.2, 0) is 4.74 Å². The first kappa shape index (κ1) is 13.3. The molecule has 2 aliphatic heterocycles. The molecule has 0 saturated carbocycles. The molecule has 2 aliphatic rings. The van der Waals surface area contributed by atoms with Crippen LogP contribution in [0.2, 0.25) is 0 Å². The van der Waals surface area contributed by atoms with Gasteiger partial charge in [0.05, 0.1) is 13.2 Å². The van der Waals surface area contributed by atoms with Crippen molar-refractivity contribution in [3.05, 3.63) is 0 Å². The maximum Gasteiger partial charge on any atom is 0.0620 e. The number of hydrogen-bond donors (Lipinski definition) is 1. The summed E-state index contributed by atoms with van der Waals surface area (Å²) in [6, 6.07) is 1.31. The van der Waals surface area contributed by atoms with Gasteiger partial charge in [-0.05, 0) is 46.4 Å². The Kier molecular flexibility index (Phi) is 5.22. The largest absolute Gasteiger partial charge is 0.379 e. The quantitative estimate of drug-likeness (QED) is 0.771. The molecule has 0 radical (unpaired) electrons. The van der Waals surface area contributed by atoms with Crippen LogP contribution in [0.15, 0.2) is 0 Å². The van der Waals surface area contributed by atoms with E-state index >= 15 is 0 Å². The second-order valence-corrected chi connectivity index (χ2v) is 5.55. The van der Waals surface area contributed by atoms with E-state index in [0.717, 1.165) is 25.8 Å². The van der Waals surface area contributed by atoms with Crippen LogP contribution >= 0.6 is 0 Å². The Labute approximate surface area is 105 Å². The molecule has 2 fully saturated rings. The summed E-state index contributed by atoms with van der Waals surface area (Å²) in [5.74, 6) is 0. The second kappa shape index (κ2) is 6.69. The van der Waals surface area contributed by atoms with E-state index in [1.54, 1.807) is 0 Å². The van der Waals surface area contributed by atoms with Gasteiger partial charge < -0.3 is 19.9 Å². The Bertz CT molecular complexity index is 219. The number of ether oxygens (including phenoxy) is 1. The number of nitrogens with one attached hydrogen (secondary N) is 1. The smallest absolute Gasteiger partial charge is 0.0620 e. The Morgan fingerprint density at radius 1 is 1.47 bits per heavy atom. The van der Waals surface area contributed by atoms with E-state index in [0.29, 0.717) is 6.04 Å². The number of hydrogen-bond acceptors (Lipinski definition) is 4. The first-order valence-corrected chi connectivity index (χ1v) is 6.95. The van der Waals surface area contributed by atoms with Crippen LogP contribution in [-0.4, -0.2) is 75.4 Å². The molecule has 2 unspecified atom stereocenters. The zero-order valence-corrected chi connectivity index (χ0v) is 11.3. The van der Waals surface area contributed by atoms with E-state index in [-0.39, 0.29) is 0 Å². The molecule has 1 N–H and O–H groups in total. The van der Waals surface area contributed by atoms with Gasteiger partial charge in [-0.25, -0.2) is 0 Å². The summed E-state index contributed by atoms with van der Waals surface area (Å²) >= 11 is 0. The van der Waals surface area contributed by atoms with E-state index in [4.69, 9.17) is 4.74 Å². The van der Waals surface area contributed by atoms with E-state index < -0.39 is 0 Å². The molecule has 4 heteroatoms. The van der Waals surface area contributed by atoms with Crippen LogP contribution in [0.3, 0.4) is 0 Å². The van der Waals surface area contributed by atoms with Crippen LogP contribution in [0.25, 0.3) is 0 Å². The van der Waals surface area contributed by atoms with Crippen LogP contribution in [0, 0.1) is 0 Å². The van der Waals surface area contributed by atoms with Gasteiger partial charge in [0.25, 0.3) is 0 Å². The minimum atomic E-state index is 0.563. The van der Waals surface area contributed by atoms with Crippen molar-refractivity contribution >= 4 is 0 Å². The summed E-state index contributed by atoms with van der Waals surface area (Å²) in [5, 5.41) is 3.52. The molecule has 100 valence electrons. The number of likely N-dealkylation sites (tertiary alicyclic amines) is 1. The van der Waals surface area contributed by atoms with Gasteiger partial charge in [0.2, 0.25) is 0 Å². The number of morpholine rings is 1. The first-order chi connectivity index (χ1) is 8.25. The lowest BCUT2D eigenvalue weighted by molar-refractivity contribution is 0.0655. The minimum absolute atomic E-state index is 0.563. The normalized spacial score (nSPS) is 31.9. The van der Waals surface area contributed by atoms with Gasteiger partial charge in [-0.3, -0.25) is 0 Å². The summed E-state index contributed by atoms with van der Waals surface area (Å²) in [4.78, 5) is 4.98. The van der Waals surface area contributed by atoms with Gasteiger partial charge >= 0.3 is 0 Å². The van der Waals surface area contributed by atoms with Crippen molar-refractivity contribution < 1.29 is 4.74 Å². The fraction of sp³-hybridized carbons (Fsp3) is 1.00. The average molecular weight is 241 g/mol. The van der Waals surface area contributed by atoms with Crippen molar-refractivity contribution in [1.82, 2.24) is 15.1 Å². The highest BCUT2D eigenvalue weighted by molar-refractivity contribution is 4.79. The lowest BCUT2D eigenvalue weighted by Crippen LogP contribution is -2.47. The fourth-order valence-electron chi connectivity index (χ4n) is 2.85. The molecule has 2 saturated heterocycles. The first-order valence-electron chi connectivity index (χ1n) is 6.95. The zero-order valence-electron chi connectivity index (χ0n) is 11.3. The second-order valence-electron chi connectivity index (χ2n) is 5.55. The van der Waals surface area contributed by atoms with Crippen LogP contribution < -0.4 is 5.32 Å². The molecule has 4 nitrogen and oxygen atoms in total. The molecule has 0 aromatic carbocycles. The highest BCUT2D eigenvalue weighted by Gasteiger charge is 2.22. The van der Waals surface area contributed by atoms with Gasteiger partial charge in [0, 0.05) is 25.2 Å². The van der Waals surface area contributed by atoms with Crippen LogP contribution in [0.1, 0.15) is 19.3 Å². The summed E-state index contributed by atoms with van der Waals surface area (Å²) in [5.41, 5.74) is 0. The van der Waals surface area contributed by atoms with Crippen molar-refractivity contribution in [2.24, 2.45) is 0 Å². The third kappa shape index (κ3) is 4.21. The van der Waals surface area contributed by atoms with Crippen LogP contribution in [0.5, 0.6) is 0 Å². The van der Waals surface area contributed by atoms with Crippen molar-refractivity contribution in [1.29, 1.82) is 0 Å². The molecule has 2 atom stereocenters. The lowest BCUT2D eigenvalue weighted by atomic mass is 10.0. The molecule has 2 heterocycles. The molecule has 0 bridgehead atoms. The van der Waals surface area contributed by atoms with Gasteiger partial charge in [0.1, 0.15) is 0 Å². The van der Waals surface area contributed by atoms with Crippen LogP contribution in [0.4, 0.5) is 0 Å². The number of nitrogens with zero attached hydrogens (tertiary/aromatic N) is 2. The molecule has 0 amide bonds. The maximum absolute atomic E-state index is 5.49. The summed E-state index contributed by atoms with van der Waals surface area (Å²) < 4.78 is 5.49. The Hall–Kier alpha value is -0.160. The van der Waals surface area contributed by atoms with Crippen molar-refractivity contribution in [2.45, 2.75) is 31.3 Å². The molecule has 0 aromatic heterocycles. The predicted molar refractivity (Wildman–Crippen MR) is 70.4 cm³/mol. The van der Waals surface area contributed by atoms with E-state index in [1.165, 1.54) is 38.9 Å². The SMILES string of the molecule is CN1CCCC(N(C)CCC2COCCN2)C1. The minimum Gasteiger partial charge on any atom is -0.379 e. The average Bonchev–Trinajstić information content (AvgIpc) is 2.37. The van der Waals surface area contributed by atoms with E-state index in [9.17, 15) is 0 Å². The van der Waals surface area contributed by atoms with E-state index in [2.05, 4.69) is 29.2 Å². The van der Waals surface area contributed by atoms with Gasteiger partial charge in [-0.15, -0.1) is 0 Å². The third-order valence-corrected chi connectivity index (χ3v) is 4.05. The monoisotopic (exact) mass is 241 g/mol. The highest BCUT2D eigenvalue weighted by atomic mass is 16.5. The third-order valence-electron chi connectivity index (χ3n) is 4.05. The highest BCUT2D eigenvalue weighted by Crippen LogP contribution is 2.14. The lowest BCUT2D eigenvalue weighted by Gasteiger charge is -2.36. The molecule has 0 aromatic rings. The zero-order chi connectivity index (χ0) is 12.1. The molecule has 0 aliphatic carbocycles. The summed E-state index contributed by atoms with van der Waals surface area (Å²) in [7, 11) is 4.50. The predicted octanol–water partition coefficient (Wildman–Crippen LogP) is 0.391. The number of piperidine rings is 1. The van der Waals surface area contributed by atoms with Crippen molar-refractivity contribution in [3.63, 3.8) is 0 Å². The molecular weight excluding hydrogens is 214 g/mol. The molecule has 0 spiro atoms. The maximum atomic E-state index is 5.49. The Morgan fingerprint density at radius 2 is 2.35 bits per heavy atom. The van der Waals surface area contributed by atoms with E-state index in [1.807, 2.05) is 0 Å². The fourth-order valence-corrected chi connectivity index (χ4v) is 2.85. The van der Waals surface area contributed by atoms with Gasteiger partial charge in [0.15, 0.2) is 0 Å². The molecule has 17 heavy (non-hydrogen) atoms. The molecule has 2 rings (SSSR count). The van der Waals surface area contributed by atoms with Gasteiger partial charge in [-0.1, -0.05) is 0 Å². The molecular formula is C13H27N3O. The summed E-state index contributed by atoms with van der Waals surface area (Å²) in [6.07, 6.45) is 3.91. The Balaban J connectivity index is 1.67. The van der Waals surface area contributed by atoms with Gasteiger partial charge in [-0.2, -0.15) is 0 Å². The summed E-state index contributed by atoms with van der Waals surface area (Å²) in [6.45, 7) is 6.45. The van der Waals surface area contributed by atoms with Crippen molar-refractivity contribution in [2.75, 3.05) is 53.5 Å². The number of likely N-dealkylation sites (N-methyl/N-ethyl adjacent to an activating group) is 2. The Morgan fingerprint density at radius 3 is 3.06 bits per heavy atom. The standard InChI is InChI=1S/C13H27N3O/c1-15-7-3-4-13(10-15)16(2)8-5-12-11-17-9-6-14-12/h12-14H,3-11H2,1-2H3. The van der Waals surface area contributed by atoms with Crippen molar-refractivity contribution in [3.8, 4) is 0 Å². The number of rotatable bonds is 4.